The summed E-state index contributed by atoms with van der Waals surface area (Å²) in [6, 6.07) is 7.40. The highest BCUT2D eigenvalue weighted by Crippen LogP contribution is 2.28. The Morgan fingerprint density at radius 3 is 2.96 bits per heavy atom. The van der Waals surface area contributed by atoms with Crippen molar-refractivity contribution in [2.75, 3.05) is 20.6 Å². The van der Waals surface area contributed by atoms with E-state index in [1.807, 2.05) is 24.3 Å². The largest absolute Gasteiger partial charge is 0.444 e. The first-order chi connectivity index (χ1) is 11.1. The predicted molar refractivity (Wildman–Crippen MR) is 89.1 cm³/mol. The third-order valence-electron chi connectivity index (χ3n) is 4.11. The van der Waals surface area contributed by atoms with Crippen LogP contribution in [0.4, 0.5) is 0 Å². The Kier molecular flexibility index (Phi) is 4.68. The Morgan fingerprint density at radius 2 is 2.22 bits per heavy atom. The molecule has 2 heterocycles. The summed E-state index contributed by atoms with van der Waals surface area (Å²) in [6.45, 7) is 1.51. The minimum absolute atomic E-state index is 0.0644. The number of carbonyl (C=O) groups is 1. The number of aromatic nitrogens is 1. The van der Waals surface area contributed by atoms with Gasteiger partial charge in [-0.15, -0.1) is 0 Å². The van der Waals surface area contributed by atoms with Crippen LogP contribution < -0.4 is 0 Å². The summed E-state index contributed by atoms with van der Waals surface area (Å²) in [4.78, 5) is 20.6. The number of likely N-dealkylation sites (tertiary alicyclic amines) is 1. The summed E-state index contributed by atoms with van der Waals surface area (Å²) in [6.07, 6.45) is 3.57. The predicted octanol–water partition coefficient (Wildman–Crippen LogP) is 3.05. The summed E-state index contributed by atoms with van der Waals surface area (Å²) >= 11 is 6.18. The average Bonchev–Trinajstić information content (AvgIpc) is 3.17. The van der Waals surface area contributed by atoms with E-state index in [4.69, 9.17) is 16.0 Å². The zero-order valence-corrected chi connectivity index (χ0v) is 14.1. The lowest BCUT2D eigenvalue weighted by atomic mass is 10.2. The molecule has 0 spiro atoms. The summed E-state index contributed by atoms with van der Waals surface area (Å²) < 4.78 is 5.57. The topological polar surface area (TPSA) is 49.6 Å². The average molecular weight is 334 g/mol. The van der Waals surface area contributed by atoms with Crippen LogP contribution in [0.5, 0.6) is 0 Å². The zero-order valence-electron chi connectivity index (χ0n) is 13.3. The third kappa shape index (κ3) is 3.41. The van der Waals surface area contributed by atoms with Gasteiger partial charge in [0.05, 0.1) is 22.3 Å². The molecule has 23 heavy (non-hydrogen) atoms. The maximum absolute atomic E-state index is 12.2. The number of rotatable bonds is 4. The van der Waals surface area contributed by atoms with Crippen molar-refractivity contribution >= 4 is 17.5 Å². The number of benzene rings is 1. The quantitative estimate of drug-likeness (QED) is 0.863. The number of amides is 1. The van der Waals surface area contributed by atoms with E-state index in [0.717, 1.165) is 30.6 Å². The Morgan fingerprint density at radius 1 is 1.43 bits per heavy atom. The van der Waals surface area contributed by atoms with Crippen molar-refractivity contribution in [3.63, 3.8) is 0 Å². The molecule has 0 radical (unpaired) electrons. The number of hydrogen-bond donors (Lipinski definition) is 0. The van der Waals surface area contributed by atoms with Crippen molar-refractivity contribution < 1.29 is 9.21 Å². The van der Waals surface area contributed by atoms with Crippen LogP contribution in [0, 0.1) is 0 Å². The van der Waals surface area contributed by atoms with Gasteiger partial charge < -0.3 is 9.32 Å². The van der Waals surface area contributed by atoms with Gasteiger partial charge in [-0.1, -0.05) is 23.7 Å². The molecule has 1 aromatic carbocycles. The highest BCUT2D eigenvalue weighted by molar-refractivity contribution is 6.33. The molecule has 0 bridgehead atoms. The summed E-state index contributed by atoms with van der Waals surface area (Å²) in [7, 11) is 3.59. The molecule has 1 aliphatic rings. The van der Waals surface area contributed by atoms with E-state index in [2.05, 4.69) is 9.88 Å². The first-order valence-corrected chi connectivity index (χ1v) is 8.08. The smallest absolute Gasteiger partial charge is 0.239 e. The SMILES string of the molecule is CN(C)C(=O)[C@H]1CCCN1Cc1coc(-c2ccccc2Cl)n1. The minimum atomic E-state index is -0.0644. The Bertz CT molecular complexity index is 699. The lowest BCUT2D eigenvalue weighted by molar-refractivity contribution is -0.133. The fourth-order valence-electron chi connectivity index (χ4n) is 2.94. The van der Waals surface area contributed by atoms with Crippen LogP contribution in [0.3, 0.4) is 0 Å². The molecule has 122 valence electrons. The molecular weight excluding hydrogens is 314 g/mol. The Hall–Kier alpha value is -1.85. The van der Waals surface area contributed by atoms with Gasteiger partial charge in [0, 0.05) is 20.6 Å². The normalized spacial score (nSPS) is 18.3. The van der Waals surface area contributed by atoms with Crippen LogP contribution in [-0.4, -0.2) is 47.4 Å². The van der Waals surface area contributed by atoms with E-state index < -0.39 is 0 Å². The minimum Gasteiger partial charge on any atom is -0.444 e. The highest BCUT2D eigenvalue weighted by atomic mass is 35.5. The number of halogens is 1. The van der Waals surface area contributed by atoms with Gasteiger partial charge >= 0.3 is 0 Å². The fourth-order valence-corrected chi connectivity index (χ4v) is 3.16. The van der Waals surface area contributed by atoms with Gasteiger partial charge in [-0.2, -0.15) is 0 Å². The fraction of sp³-hybridized carbons (Fsp3) is 0.412. The molecule has 0 unspecified atom stereocenters. The van der Waals surface area contributed by atoms with Crippen molar-refractivity contribution in [3.05, 3.63) is 41.2 Å². The monoisotopic (exact) mass is 333 g/mol. The second-order valence-electron chi connectivity index (χ2n) is 5.99. The van der Waals surface area contributed by atoms with E-state index in [-0.39, 0.29) is 11.9 Å². The van der Waals surface area contributed by atoms with E-state index in [9.17, 15) is 4.79 Å². The maximum atomic E-state index is 12.2. The molecule has 6 heteroatoms. The molecule has 3 rings (SSSR count). The summed E-state index contributed by atoms with van der Waals surface area (Å²) in [5, 5.41) is 0.614. The molecule has 1 aromatic heterocycles. The van der Waals surface area contributed by atoms with E-state index >= 15 is 0 Å². The van der Waals surface area contributed by atoms with Gasteiger partial charge in [0.15, 0.2) is 0 Å². The van der Waals surface area contributed by atoms with E-state index in [0.29, 0.717) is 17.5 Å². The molecule has 1 atom stereocenters. The van der Waals surface area contributed by atoms with Gasteiger partial charge in [0.25, 0.3) is 0 Å². The van der Waals surface area contributed by atoms with Crippen LogP contribution in [0.1, 0.15) is 18.5 Å². The Balaban J connectivity index is 1.74. The first kappa shape index (κ1) is 16.0. The van der Waals surface area contributed by atoms with Gasteiger partial charge in [-0.05, 0) is 31.5 Å². The van der Waals surface area contributed by atoms with Crippen molar-refractivity contribution in [2.24, 2.45) is 0 Å². The second-order valence-corrected chi connectivity index (χ2v) is 6.39. The molecule has 1 amide bonds. The molecule has 2 aromatic rings. The van der Waals surface area contributed by atoms with Crippen LogP contribution in [0.15, 0.2) is 34.9 Å². The number of likely N-dealkylation sites (N-methyl/N-ethyl adjacent to an activating group) is 1. The molecule has 0 saturated carbocycles. The zero-order chi connectivity index (χ0) is 16.4. The number of nitrogens with zero attached hydrogens (tertiary/aromatic N) is 3. The standard InChI is InChI=1S/C17H20ClN3O2/c1-20(2)17(22)15-8-5-9-21(15)10-12-11-23-16(19-12)13-6-3-4-7-14(13)18/h3-4,6-7,11,15H,5,8-10H2,1-2H3/t15-/m1/s1. The first-order valence-electron chi connectivity index (χ1n) is 7.71. The van der Waals surface area contributed by atoms with Crippen molar-refractivity contribution in [1.29, 1.82) is 0 Å². The number of hydrogen-bond acceptors (Lipinski definition) is 4. The molecule has 1 aliphatic heterocycles. The van der Waals surface area contributed by atoms with Crippen molar-refractivity contribution in [2.45, 2.75) is 25.4 Å². The van der Waals surface area contributed by atoms with Gasteiger partial charge in [-0.3, -0.25) is 9.69 Å². The second kappa shape index (κ2) is 6.72. The van der Waals surface area contributed by atoms with Crippen molar-refractivity contribution in [1.82, 2.24) is 14.8 Å². The molecule has 1 saturated heterocycles. The molecular formula is C17H20ClN3O2. The number of oxazole rings is 1. The molecule has 1 fully saturated rings. The molecule has 5 nitrogen and oxygen atoms in total. The van der Waals surface area contributed by atoms with Crippen LogP contribution in [0.2, 0.25) is 5.02 Å². The van der Waals surface area contributed by atoms with Gasteiger partial charge in [0.1, 0.15) is 6.26 Å². The highest BCUT2D eigenvalue weighted by Gasteiger charge is 2.32. The van der Waals surface area contributed by atoms with E-state index in [1.54, 1.807) is 25.3 Å². The molecule has 0 aliphatic carbocycles. The van der Waals surface area contributed by atoms with Gasteiger partial charge in [-0.25, -0.2) is 4.98 Å². The van der Waals surface area contributed by atoms with Crippen molar-refractivity contribution in [3.8, 4) is 11.5 Å². The maximum Gasteiger partial charge on any atom is 0.239 e. The summed E-state index contributed by atoms with van der Waals surface area (Å²) in [5.74, 6) is 0.664. The van der Waals surface area contributed by atoms with Crippen LogP contribution >= 0.6 is 11.6 Å². The van der Waals surface area contributed by atoms with Crippen LogP contribution in [0.25, 0.3) is 11.5 Å². The van der Waals surface area contributed by atoms with Crippen LogP contribution in [-0.2, 0) is 11.3 Å². The molecule has 0 N–H and O–H groups in total. The Labute approximate surface area is 140 Å². The summed E-state index contributed by atoms with van der Waals surface area (Å²) in [5.41, 5.74) is 1.60. The van der Waals surface area contributed by atoms with E-state index in [1.165, 1.54) is 0 Å². The van der Waals surface area contributed by atoms with Gasteiger partial charge in [0.2, 0.25) is 11.8 Å². The number of carbonyl (C=O) groups excluding carboxylic acids is 1. The lowest BCUT2D eigenvalue weighted by Crippen LogP contribution is -2.42. The lowest BCUT2D eigenvalue weighted by Gasteiger charge is -2.25. The third-order valence-corrected chi connectivity index (χ3v) is 4.44.